The van der Waals surface area contributed by atoms with Crippen molar-refractivity contribution in [2.24, 2.45) is 50.2 Å². The first kappa shape index (κ1) is 66.2. The summed E-state index contributed by atoms with van der Waals surface area (Å²) in [5.74, 6) is -0.602. The van der Waals surface area contributed by atoms with Crippen LogP contribution in [-0.2, 0) is 52.2 Å². The molecule has 488 valence electrons. The van der Waals surface area contributed by atoms with Gasteiger partial charge in [-0.15, -0.1) is 0 Å². The highest BCUT2D eigenvalue weighted by molar-refractivity contribution is 5.79. The van der Waals surface area contributed by atoms with Gasteiger partial charge in [0.1, 0.15) is 104 Å². The minimum absolute atomic E-state index is 0.0996. The number of hydrogen-bond donors (Lipinski definition) is 15. The third-order valence-corrected chi connectivity index (χ3v) is 23.1. The van der Waals surface area contributed by atoms with E-state index in [4.69, 9.17) is 47.4 Å². The molecule has 26 nitrogen and oxygen atoms in total. The molecule has 9 fully saturated rings. The first-order valence-electron chi connectivity index (χ1n) is 30.6. The fourth-order valence-corrected chi connectivity index (χ4v) is 17.5. The number of rotatable bonds is 12. The molecule has 85 heavy (non-hydrogen) atoms. The van der Waals surface area contributed by atoms with Gasteiger partial charge in [0.25, 0.3) is 0 Å². The zero-order valence-electron chi connectivity index (χ0n) is 50.0. The quantitative estimate of drug-likeness (QED) is 0.0560. The zero-order chi connectivity index (χ0) is 62.2. The van der Waals surface area contributed by atoms with Gasteiger partial charge in [-0.3, -0.25) is 4.79 Å². The molecule has 4 saturated carbocycles. The molecule has 0 radical (unpaired) electrons. The summed E-state index contributed by atoms with van der Waals surface area (Å²) in [6.45, 7) is 17.3. The number of carbonyl (C=O) groups excluding carboxylic acids is 1. The Morgan fingerprint density at radius 1 is 0.529 bits per heavy atom. The molecule has 33 atom stereocenters. The molecule has 5 heterocycles. The van der Waals surface area contributed by atoms with Crippen molar-refractivity contribution in [1.82, 2.24) is 0 Å². The van der Waals surface area contributed by atoms with E-state index in [2.05, 4.69) is 54.5 Å². The maximum atomic E-state index is 15.2. The van der Waals surface area contributed by atoms with Crippen LogP contribution in [0.25, 0.3) is 0 Å². The number of hydrogen-bond acceptors (Lipinski definition) is 26. The molecular formula is C59H96O26. The van der Waals surface area contributed by atoms with Crippen LogP contribution in [0.2, 0.25) is 0 Å². The first-order valence-corrected chi connectivity index (χ1v) is 30.6. The molecule has 10 rings (SSSR count). The Bertz CT molecular complexity index is 2380. The maximum Gasteiger partial charge on any atom is 0.315 e. The minimum atomic E-state index is -1.90. The predicted molar refractivity (Wildman–Crippen MR) is 288 cm³/mol. The highest BCUT2D eigenvalue weighted by atomic mass is 16.8. The third kappa shape index (κ3) is 11.1. The molecule has 26 heteroatoms. The molecule has 0 amide bonds. The summed E-state index contributed by atoms with van der Waals surface area (Å²) in [4.78, 5) is 15.2. The highest BCUT2D eigenvalue weighted by Gasteiger charge is 2.70. The molecule has 5 saturated heterocycles. The minimum Gasteiger partial charge on any atom is -0.432 e. The lowest BCUT2D eigenvalue weighted by Gasteiger charge is -2.71. The molecule has 0 aromatic heterocycles. The number of ether oxygens (including phenoxy) is 10. The van der Waals surface area contributed by atoms with Gasteiger partial charge in [0.15, 0.2) is 31.5 Å². The second kappa shape index (κ2) is 24.1. The molecule has 15 N–H and O–H groups in total. The molecule has 5 aliphatic carbocycles. The number of fused-ring (bicyclic) bond motifs is 7. The summed E-state index contributed by atoms with van der Waals surface area (Å²) in [5, 5.41) is 162. The van der Waals surface area contributed by atoms with Crippen molar-refractivity contribution in [3.8, 4) is 0 Å². The largest absolute Gasteiger partial charge is 0.432 e. The van der Waals surface area contributed by atoms with E-state index in [1.807, 2.05) is 0 Å². The van der Waals surface area contributed by atoms with Crippen LogP contribution in [0.15, 0.2) is 11.6 Å². The van der Waals surface area contributed by atoms with Crippen molar-refractivity contribution in [1.29, 1.82) is 0 Å². The maximum absolute atomic E-state index is 15.2. The standard InChI is InChI=1S/C59H96O26/c1-23-32(61)35(64)41(70)49(77-23)82-45-27(21-60)79-48(44(73)39(45)68)76-22-28-34(63)37(66)43(72)51(80-28)85-53(75)59-18-16-54(3,4)20-26(59)25-10-11-30-56(7)14-13-31(55(5,6)29(56)12-15-58(30,9)57(25,8)17-19-59)81-52-46(38(67)40(69)47(74)84-52)83-50-42(71)36(65)33(62)24(2)78-50/h10,23-24,26-52,60-74H,11-22H2,1-9H3/t23-,24-,26-,27+,28+,29-,30+,31-,32-,33-,34+,35+,36+,37-,38+,39+,40+,41+,42+,43+,44+,45+,46+,47-,48+,49-,50-,51-,52+,56-,57+,58+,59-/m0/s1. The lowest BCUT2D eigenvalue weighted by atomic mass is 9.33. The lowest BCUT2D eigenvalue weighted by Crippen LogP contribution is -2.67. The fourth-order valence-electron chi connectivity index (χ4n) is 17.5. The molecule has 0 spiro atoms. The van der Waals surface area contributed by atoms with Crippen molar-refractivity contribution in [3.05, 3.63) is 11.6 Å². The Morgan fingerprint density at radius 3 is 1.71 bits per heavy atom. The van der Waals surface area contributed by atoms with Gasteiger partial charge in [-0.1, -0.05) is 60.1 Å². The fraction of sp³-hybridized carbons (Fsp3) is 0.949. The molecular weight excluding hydrogens is 1120 g/mol. The van der Waals surface area contributed by atoms with E-state index in [9.17, 15) is 76.6 Å². The average molecular weight is 1220 g/mol. The van der Waals surface area contributed by atoms with Crippen molar-refractivity contribution in [2.45, 2.75) is 286 Å². The average Bonchev–Trinajstić information content (AvgIpc) is 0.741. The first-order chi connectivity index (χ1) is 39.7. The van der Waals surface area contributed by atoms with Crippen molar-refractivity contribution in [2.75, 3.05) is 13.2 Å². The number of aliphatic hydroxyl groups excluding tert-OH is 15. The summed E-state index contributed by atoms with van der Waals surface area (Å²) >= 11 is 0. The van der Waals surface area contributed by atoms with E-state index in [0.29, 0.717) is 38.5 Å². The van der Waals surface area contributed by atoms with E-state index >= 15 is 4.79 Å². The molecule has 5 aliphatic heterocycles. The Labute approximate surface area is 494 Å². The van der Waals surface area contributed by atoms with Crippen LogP contribution in [0.1, 0.15) is 127 Å². The van der Waals surface area contributed by atoms with Crippen molar-refractivity contribution >= 4 is 5.97 Å². The van der Waals surface area contributed by atoms with Gasteiger partial charge in [0.2, 0.25) is 6.29 Å². The van der Waals surface area contributed by atoms with E-state index in [0.717, 1.165) is 25.7 Å². The highest BCUT2D eigenvalue weighted by Crippen LogP contribution is 2.76. The van der Waals surface area contributed by atoms with E-state index in [-0.39, 0.29) is 39.4 Å². The van der Waals surface area contributed by atoms with Crippen LogP contribution in [0.5, 0.6) is 0 Å². The molecule has 0 aromatic rings. The van der Waals surface area contributed by atoms with E-state index in [1.165, 1.54) is 19.4 Å². The second-order valence-corrected chi connectivity index (χ2v) is 28.8. The summed E-state index contributed by atoms with van der Waals surface area (Å²) in [6.07, 6.45) is -31.9. The normalized spacial score (nSPS) is 55.0. The van der Waals surface area contributed by atoms with Gasteiger partial charge in [-0.25, -0.2) is 0 Å². The van der Waals surface area contributed by atoms with Gasteiger partial charge in [-0.2, -0.15) is 0 Å². The third-order valence-electron chi connectivity index (χ3n) is 23.1. The molecule has 0 bridgehead atoms. The van der Waals surface area contributed by atoms with Crippen LogP contribution < -0.4 is 0 Å². The summed E-state index contributed by atoms with van der Waals surface area (Å²) in [6, 6.07) is 0. The van der Waals surface area contributed by atoms with Crippen LogP contribution >= 0.6 is 0 Å². The monoisotopic (exact) mass is 1220 g/mol. The van der Waals surface area contributed by atoms with Crippen molar-refractivity contribution in [3.63, 3.8) is 0 Å². The molecule has 0 aromatic carbocycles. The topological polar surface area (TPSA) is 413 Å². The van der Waals surface area contributed by atoms with Crippen LogP contribution in [0.4, 0.5) is 0 Å². The smallest absolute Gasteiger partial charge is 0.315 e. The summed E-state index contributed by atoms with van der Waals surface area (Å²) in [7, 11) is 0. The Hall–Kier alpha value is -1.75. The SMILES string of the molecule is C[C@@H]1O[C@@H](O[C@H]2[C@H](O[C@H]3CC[C@]4(C)[C@H]5CC=C6[C@@H]7CC(C)(C)CC[C@]7(C(=O)O[C@@H]7O[C@H](CO[C@@H]8O[C@H](CO)[C@@H](O[C@@H]9O[C@@H](C)[C@H](O)[C@@H](O)[C@H]9O)[C@H](O)[C@H]8O)[C@@H](O)[C@H](O)[C@H]7O)CC[C@@]6(C)[C@]5(C)CC[C@H]4C3(C)C)O[C@H](O)[C@H](O)[C@H]2O)[C@H](O)[C@H](O)[C@H]1O. The van der Waals surface area contributed by atoms with Gasteiger partial charge in [-0.05, 0) is 123 Å². The van der Waals surface area contributed by atoms with E-state index < -0.39 is 190 Å². The van der Waals surface area contributed by atoms with Gasteiger partial charge in [0, 0.05) is 0 Å². The van der Waals surface area contributed by atoms with Crippen LogP contribution in [0, 0.1) is 50.2 Å². The van der Waals surface area contributed by atoms with Gasteiger partial charge < -0.3 is 124 Å². The lowest BCUT2D eigenvalue weighted by molar-refractivity contribution is -0.394. The zero-order valence-corrected chi connectivity index (χ0v) is 50.0. The summed E-state index contributed by atoms with van der Waals surface area (Å²) < 4.78 is 59.2. The van der Waals surface area contributed by atoms with Gasteiger partial charge >= 0.3 is 5.97 Å². The van der Waals surface area contributed by atoms with Crippen LogP contribution in [-0.4, -0.2) is 256 Å². The predicted octanol–water partition coefficient (Wildman–Crippen LogP) is -2.20. The summed E-state index contributed by atoms with van der Waals surface area (Å²) in [5.41, 5.74) is -1.40. The van der Waals surface area contributed by atoms with E-state index in [1.54, 1.807) is 0 Å². The van der Waals surface area contributed by atoms with Gasteiger partial charge in [0.05, 0.1) is 36.9 Å². The number of esters is 1. The number of carbonyl (C=O) groups is 1. The molecule has 10 aliphatic rings. The Morgan fingerprint density at radius 2 is 1.08 bits per heavy atom. The Kier molecular flexibility index (Phi) is 18.7. The second-order valence-electron chi connectivity index (χ2n) is 28.8. The number of allylic oxidation sites excluding steroid dienone is 2. The van der Waals surface area contributed by atoms with Crippen LogP contribution in [0.3, 0.4) is 0 Å². The van der Waals surface area contributed by atoms with Crippen molar-refractivity contribution < 1.29 is 129 Å². The molecule has 0 unspecified atom stereocenters. The Balaban J connectivity index is 0.829. The number of aliphatic hydroxyl groups is 15.